The van der Waals surface area contributed by atoms with Crippen LogP contribution < -0.4 is 0 Å². The van der Waals surface area contributed by atoms with Gasteiger partial charge in [-0.15, -0.1) is 0 Å². The molecule has 1 aliphatic rings. The Kier molecular flexibility index (Phi) is 1.86. The van der Waals surface area contributed by atoms with Crippen molar-refractivity contribution in [3.05, 3.63) is 22.5 Å². The van der Waals surface area contributed by atoms with E-state index in [0.29, 0.717) is 5.01 Å². The molecule has 0 bridgehead atoms. The van der Waals surface area contributed by atoms with E-state index in [9.17, 15) is 10.1 Å². The van der Waals surface area contributed by atoms with Crippen LogP contribution in [-0.2, 0) is 0 Å². The summed E-state index contributed by atoms with van der Waals surface area (Å²) in [6, 6.07) is 0. The summed E-state index contributed by atoms with van der Waals surface area (Å²) in [5.74, 6) is 0. The monoisotopic (exact) mass is 160 g/mol. The summed E-state index contributed by atoms with van der Waals surface area (Å²) in [5.41, 5.74) is -0.809. The molecule has 1 aliphatic heterocycles. The zero-order chi connectivity index (χ0) is 7.56. The number of rotatable bonds is 1. The maximum atomic E-state index is 10.1. The SMILES string of the molecule is O=[N+]([O-])N1C=[C]N=CC1Cl. The molecule has 1 rings (SSSR count). The lowest BCUT2D eigenvalue weighted by Gasteiger charge is -2.12. The van der Waals surface area contributed by atoms with Crippen molar-refractivity contribution in [3.8, 4) is 0 Å². The number of hydrogen-bond donors (Lipinski definition) is 0. The molecule has 0 aromatic heterocycles. The molecular formula is C4H3ClN3O2. The van der Waals surface area contributed by atoms with Gasteiger partial charge < -0.3 is 0 Å². The van der Waals surface area contributed by atoms with Crippen LogP contribution in [0.15, 0.2) is 11.2 Å². The van der Waals surface area contributed by atoms with Crippen LogP contribution >= 0.6 is 11.6 Å². The van der Waals surface area contributed by atoms with Gasteiger partial charge in [-0.2, -0.15) is 0 Å². The highest BCUT2D eigenvalue weighted by atomic mass is 35.5. The van der Waals surface area contributed by atoms with Crippen LogP contribution in [0.4, 0.5) is 0 Å². The highest BCUT2D eigenvalue weighted by Gasteiger charge is 2.21. The third kappa shape index (κ3) is 1.24. The Bertz CT molecular complexity index is 203. The largest absolute Gasteiger partial charge is 0.253 e. The first-order chi connectivity index (χ1) is 4.72. The summed E-state index contributed by atoms with van der Waals surface area (Å²) in [6.45, 7) is 0. The molecule has 6 heteroatoms. The Morgan fingerprint density at radius 3 is 3.00 bits per heavy atom. The molecule has 10 heavy (non-hydrogen) atoms. The average molecular weight is 161 g/mol. The average Bonchev–Trinajstić information content (AvgIpc) is 1.88. The standard InChI is InChI=1S/C4H3ClN3O2/c5-4-3-6-1-2-7(4)8(9)10/h2-4H. The fraction of sp³-hybridized carbons (Fsp3) is 0.250. The number of nitro groups is 1. The Labute approximate surface area is 61.7 Å². The first-order valence-electron chi connectivity index (χ1n) is 2.40. The lowest BCUT2D eigenvalue weighted by Crippen LogP contribution is -2.34. The van der Waals surface area contributed by atoms with Gasteiger partial charge in [0.25, 0.3) is 0 Å². The fourth-order valence-electron chi connectivity index (χ4n) is 0.474. The predicted molar refractivity (Wildman–Crippen MR) is 34.8 cm³/mol. The zero-order valence-electron chi connectivity index (χ0n) is 4.77. The molecule has 0 aliphatic carbocycles. The van der Waals surface area contributed by atoms with Crippen molar-refractivity contribution in [2.45, 2.75) is 5.50 Å². The van der Waals surface area contributed by atoms with Crippen LogP contribution in [0.3, 0.4) is 0 Å². The minimum atomic E-state index is -0.809. The van der Waals surface area contributed by atoms with Crippen molar-refractivity contribution in [2.24, 2.45) is 4.99 Å². The predicted octanol–water partition coefficient (Wildman–Crippen LogP) is 0.404. The molecular weight excluding hydrogens is 158 g/mol. The Hall–Kier alpha value is -1.10. The van der Waals surface area contributed by atoms with Gasteiger partial charge in [0.05, 0.1) is 6.20 Å². The molecule has 0 spiro atoms. The maximum Gasteiger partial charge on any atom is 0.203 e. The van der Waals surface area contributed by atoms with Crippen molar-refractivity contribution < 1.29 is 5.03 Å². The van der Waals surface area contributed by atoms with Gasteiger partial charge in [0.2, 0.25) is 5.50 Å². The van der Waals surface area contributed by atoms with E-state index in [-0.39, 0.29) is 0 Å². The maximum absolute atomic E-state index is 10.1. The molecule has 1 radical (unpaired) electrons. The summed E-state index contributed by atoms with van der Waals surface area (Å²) in [4.78, 5) is 13.6. The fourth-order valence-corrected chi connectivity index (χ4v) is 0.658. The lowest BCUT2D eigenvalue weighted by molar-refractivity contribution is -0.640. The minimum absolute atomic E-state index is 0.629. The molecule has 1 unspecified atom stereocenters. The summed E-state index contributed by atoms with van der Waals surface area (Å²) in [5, 5.41) is 10.2. The topological polar surface area (TPSA) is 58.7 Å². The Morgan fingerprint density at radius 1 is 1.90 bits per heavy atom. The molecule has 0 N–H and O–H groups in total. The molecule has 5 nitrogen and oxygen atoms in total. The zero-order valence-corrected chi connectivity index (χ0v) is 5.52. The van der Waals surface area contributed by atoms with E-state index in [1.165, 1.54) is 6.21 Å². The Balaban J connectivity index is 2.70. The second-order valence-electron chi connectivity index (χ2n) is 1.53. The van der Waals surface area contributed by atoms with Gasteiger partial charge in [-0.3, -0.25) is 4.99 Å². The molecule has 0 saturated heterocycles. The van der Waals surface area contributed by atoms with Gasteiger partial charge in [-0.05, 0) is 0 Å². The first kappa shape index (κ1) is 7.01. The Morgan fingerprint density at radius 2 is 2.60 bits per heavy atom. The smallest absolute Gasteiger partial charge is 0.203 e. The minimum Gasteiger partial charge on any atom is -0.253 e. The summed E-state index contributed by atoms with van der Waals surface area (Å²) in [6.07, 6.45) is 4.60. The van der Waals surface area contributed by atoms with Crippen LogP contribution in [0.1, 0.15) is 0 Å². The van der Waals surface area contributed by atoms with Crippen LogP contribution in [0.5, 0.6) is 0 Å². The third-order valence-corrected chi connectivity index (χ3v) is 1.22. The number of aliphatic imine (C=N–C) groups is 1. The summed E-state index contributed by atoms with van der Waals surface area (Å²) in [7, 11) is 0. The van der Waals surface area contributed by atoms with Crippen molar-refractivity contribution >= 4 is 17.8 Å². The normalized spacial score (nSPS) is 23.3. The number of hydrazine groups is 1. The van der Waals surface area contributed by atoms with Crippen LogP contribution in [-0.4, -0.2) is 21.8 Å². The quantitative estimate of drug-likeness (QED) is 0.242. The van der Waals surface area contributed by atoms with Gasteiger partial charge in [-0.25, -0.2) is 10.1 Å². The second kappa shape index (κ2) is 2.66. The highest BCUT2D eigenvalue weighted by molar-refractivity contribution is 6.27. The molecule has 0 saturated carbocycles. The van der Waals surface area contributed by atoms with E-state index in [2.05, 4.69) is 11.2 Å². The van der Waals surface area contributed by atoms with E-state index < -0.39 is 10.5 Å². The molecule has 1 atom stereocenters. The van der Waals surface area contributed by atoms with Crippen molar-refractivity contribution in [3.63, 3.8) is 0 Å². The number of hydrogen-bond acceptors (Lipinski definition) is 3. The van der Waals surface area contributed by atoms with Gasteiger partial charge in [-0.1, -0.05) is 16.6 Å². The van der Waals surface area contributed by atoms with E-state index in [4.69, 9.17) is 11.6 Å². The van der Waals surface area contributed by atoms with Gasteiger partial charge in [0, 0.05) is 6.21 Å². The van der Waals surface area contributed by atoms with E-state index in [1.54, 1.807) is 0 Å². The summed E-state index contributed by atoms with van der Waals surface area (Å²) < 4.78 is 0. The number of nitrogens with zero attached hydrogens (tertiary/aromatic N) is 3. The van der Waals surface area contributed by atoms with Gasteiger partial charge >= 0.3 is 0 Å². The molecule has 0 amide bonds. The second-order valence-corrected chi connectivity index (χ2v) is 1.97. The van der Waals surface area contributed by atoms with Crippen LogP contribution in [0.2, 0.25) is 0 Å². The molecule has 0 aromatic rings. The molecule has 53 valence electrons. The third-order valence-electron chi connectivity index (χ3n) is 0.903. The van der Waals surface area contributed by atoms with Gasteiger partial charge in [0.1, 0.15) is 6.20 Å². The molecule has 0 aromatic carbocycles. The number of halogens is 1. The molecule has 1 heterocycles. The van der Waals surface area contributed by atoms with E-state index in [1.807, 2.05) is 0 Å². The van der Waals surface area contributed by atoms with E-state index >= 15 is 0 Å². The van der Waals surface area contributed by atoms with Crippen molar-refractivity contribution in [1.29, 1.82) is 0 Å². The van der Waals surface area contributed by atoms with Crippen molar-refractivity contribution in [2.75, 3.05) is 0 Å². The van der Waals surface area contributed by atoms with Crippen molar-refractivity contribution in [1.82, 2.24) is 5.01 Å². The highest BCUT2D eigenvalue weighted by Crippen LogP contribution is 2.06. The van der Waals surface area contributed by atoms with E-state index in [0.717, 1.165) is 6.20 Å². The molecule has 0 fully saturated rings. The number of alkyl halides is 1. The van der Waals surface area contributed by atoms with Crippen LogP contribution in [0.25, 0.3) is 0 Å². The first-order valence-corrected chi connectivity index (χ1v) is 2.84. The van der Waals surface area contributed by atoms with Gasteiger partial charge in [0.15, 0.2) is 5.03 Å². The summed E-state index contributed by atoms with van der Waals surface area (Å²) >= 11 is 5.44. The lowest BCUT2D eigenvalue weighted by atomic mass is 10.6. The van der Waals surface area contributed by atoms with Crippen LogP contribution in [0, 0.1) is 16.3 Å².